The Kier molecular flexibility index (Phi) is 7.34. The molecular weight excluding hydrogens is 498 g/mol. The summed E-state index contributed by atoms with van der Waals surface area (Å²) in [7, 11) is 1.38. The topological polar surface area (TPSA) is 134 Å². The summed E-state index contributed by atoms with van der Waals surface area (Å²) in [4.78, 5) is 48.9. The lowest BCUT2D eigenvalue weighted by atomic mass is 10.1. The van der Waals surface area contributed by atoms with Crippen LogP contribution >= 0.6 is 15.9 Å². The Morgan fingerprint density at radius 1 is 1.24 bits per heavy atom. The molecule has 1 fully saturated rings. The second-order valence-corrected chi connectivity index (χ2v) is 7.87. The summed E-state index contributed by atoms with van der Waals surface area (Å²) in [6.45, 7) is 0.858. The smallest absolute Gasteiger partial charge is 0.341 e. The fraction of sp³-hybridized carbons (Fsp3) is 0.182. The molecule has 3 rings (SSSR count). The molecule has 0 spiro atoms. The third-order valence-electron chi connectivity index (χ3n) is 4.47. The molecular formula is C22H20BrN3O7. The van der Waals surface area contributed by atoms with Gasteiger partial charge in [-0.1, -0.05) is 12.1 Å². The number of hydrogen-bond donors (Lipinski definition) is 3. The first kappa shape index (κ1) is 23.8. The number of hydrogen-bond acceptors (Lipinski definition) is 6. The number of nitrogens with one attached hydrogen (secondary N) is 2. The number of benzene rings is 2. The van der Waals surface area contributed by atoms with Crippen LogP contribution in [0.5, 0.6) is 11.5 Å². The van der Waals surface area contributed by atoms with Gasteiger partial charge in [-0.05, 0) is 64.3 Å². The molecule has 0 unspecified atom stereocenters. The van der Waals surface area contributed by atoms with Crippen LogP contribution in [0.15, 0.2) is 46.6 Å². The number of carboxylic acid groups (broad SMARTS) is 1. The van der Waals surface area contributed by atoms with E-state index in [9.17, 15) is 19.2 Å². The molecule has 0 bridgehead atoms. The van der Waals surface area contributed by atoms with E-state index >= 15 is 0 Å². The molecule has 4 amide bonds. The van der Waals surface area contributed by atoms with Crippen LogP contribution in [0.25, 0.3) is 6.08 Å². The van der Waals surface area contributed by atoms with Gasteiger partial charge in [0.2, 0.25) is 5.91 Å². The maximum atomic E-state index is 12.7. The van der Waals surface area contributed by atoms with Crippen molar-refractivity contribution < 1.29 is 33.8 Å². The van der Waals surface area contributed by atoms with E-state index in [4.69, 9.17) is 14.6 Å². The molecule has 0 atom stereocenters. The fourth-order valence-electron chi connectivity index (χ4n) is 3.05. The molecule has 2 aromatic rings. The molecule has 1 heterocycles. The number of carbonyl (C=O) groups excluding carboxylic acids is 3. The van der Waals surface area contributed by atoms with E-state index in [1.165, 1.54) is 19.3 Å². The maximum absolute atomic E-state index is 12.7. The van der Waals surface area contributed by atoms with Gasteiger partial charge in [0.15, 0.2) is 18.1 Å². The Balaban J connectivity index is 1.75. The number of anilines is 1. The Labute approximate surface area is 197 Å². The monoisotopic (exact) mass is 517 g/mol. The van der Waals surface area contributed by atoms with Crippen molar-refractivity contribution in [2.24, 2.45) is 0 Å². The Morgan fingerprint density at radius 2 is 2.00 bits per heavy atom. The van der Waals surface area contributed by atoms with Crippen LogP contribution in [0.4, 0.5) is 10.5 Å². The highest BCUT2D eigenvalue weighted by Crippen LogP contribution is 2.37. The summed E-state index contributed by atoms with van der Waals surface area (Å²) in [6.07, 6.45) is 1.41. The molecule has 33 heavy (non-hydrogen) atoms. The van der Waals surface area contributed by atoms with Crippen LogP contribution in [0.2, 0.25) is 0 Å². The van der Waals surface area contributed by atoms with Gasteiger partial charge in [-0.3, -0.25) is 9.59 Å². The van der Waals surface area contributed by atoms with Gasteiger partial charge in [-0.2, -0.15) is 0 Å². The van der Waals surface area contributed by atoms with Crippen molar-refractivity contribution in [2.45, 2.75) is 6.92 Å². The van der Waals surface area contributed by atoms with Crippen molar-refractivity contribution in [2.75, 3.05) is 25.6 Å². The molecule has 0 aliphatic carbocycles. The summed E-state index contributed by atoms with van der Waals surface area (Å²) < 4.78 is 10.8. The van der Waals surface area contributed by atoms with E-state index in [0.29, 0.717) is 15.7 Å². The van der Waals surface area contributed by atoms with Gasteiger partial charge >= 0.3 is 12.0 Å². The number of rotatable bonds is 8. The van der Waals surface area contributed by atoms with Gasteiger partial charge in [0, 0.05) is 5.69 Å². The van der Waals surface area contributed by atoms with Gasteiger partial charge in [0.1, 0.15) is 12.2 Å². The van der Waals surface area contributed by atoms with Gasteiger partial charge in [0.25, 0.3) is 5.91 Å². The first-order valence-electron chi connectivity index (χ1n) is 9.61. The Morgan fingerprint density at radius 3 is 2.67 bits per heavy atom. The van der Waals surface area contributed by atoms with E-state index in [1.807, 2.05) is 13.0 Å². The molecule has 0 radical (unpaired) electrons. The largest absolute Gasteiger partial charge is 0.493 e. The van der Waals surface area contributed by atoms with Gasteiger partial charge < -0.3 is 25.2 Å². The summed E-state index contributed by atoms with van der Waals surface area (Å²) in [5.74, 6) is -1.93. The molecule has 0 aromatic heterocycles. The number of aliphatic carboxylic acids is 1. The highest BCUT2D eigenvalue weighted by Gasteiger charge is 2.35. The number of nitrogens with zero attached hydrogens (tertiary/aromatic N) is 1. The number of methoxy groups -OCH3 is 1. The van der Waals surface area contributed by atoms with Crippen molar-refractivity contribution in [3.05, 3.63) is 57.7 Å². The van der Waals surface area contributed by atoms with Crippen LogP contribution in [0.1, 0.15) is 11.1 Å². The van der Waals surface area contributed by atoms with Crippen molar-refractivity contribution in [3.8, 4) is 11.5 Å². The predicted octanol–water partition coefficient (Wildman–Crippen LogP) is 2.76. The average Bonchev–Trinajstić information content (AvgIpc) is 2.99. The molecule has 0 saturated carbocycles. The zero-order valence-corrected chi connectivity index (χ0v) is 19.3. The van der Waals surface area contributed by atoms with Gasteiger partial charge in [-0.15, -0.1) is 0 Å². The molecule has 11 heteroatoms. The average molecular weight is 518 g/mol. The van der Waals surface area contributed by atoms with Crippen LogP contribution in [0.3, 0.4) is 0 Å². The molecule has 3 N–H and O–H groups in total. The summed E-state index contributed by atoms with van der Waals surface area (Å²) >= 11 is 3.28. The number of aryl methyl sites for hydroxylation is 1. The summed E-state index contributed by atoms with van der Waals surface area (Å²) in [5, 5.41) is 13.9. The van der Waals surface area contributed by atoms with Crippen molar-refractivity contribution in [1.82, 2.24) is 10.2 Å². The molecule has 2 aromatic carbocycles. The van der Waals surface area contributed by atoms with Crippen LogP contribution in [-0.2, 0) is 14.4 Å². The number of amides is 4. The predicted molar refractivity (Wildman–Crippen MR) is 122 cm³/mol. The van der Waals surface area contributed by atoms with Crippen molar-refractivity contribution >= 4 is 51.5 Å². The normalized spacial score (nSPS) is 14.3. The number of urea groups is 1. The van der Waals surface area contributed by atoms with Crippen molar-refractivity contribution in [3.63, 3.8) is 0 Å². The number of imide groups is 1. The third-order valence-corrected chi connectivity index (χ3v) is 5.06. The SMILES string of the molecule is COc1cc(/C=C2/NC(=O)N(CC(=O)Nc3cccc(C)c3)C2=O)cc(Br)c1OCC(=O)O. The first-order chi connectivity index (χ1) is 15.7. The second kappa shape index (κ2) is 10.2. The lowest BCUT2D eigenvalue weighted by Gasteiger charge is -2.13. The lowest BCUT2D eigenvalue weighted by molar-refractivity contribution is -0.139. The molecule has 10 nitrogen and oxygen atoms in total. The lowest BCUT2D eigenvalue weighted by Crippen LogP contribution is -2.38. The quantitative estimate of drug-likeness (QED) is 0.362. The Bertz CT molecular complexity index is 1160. The van der Waals surface area contributed by atoms with E-state index in [-0.39, 0.29) is 17.2 Å². The summed E-state index contributed by atoms with van der Waals surface area (Å²) in [6, 6.07) is 9.49. The number of halogens is 1. The van der Waals surface area contributed by atoms with Gasteiger partial charge in [0.05, 0.1) is 11.6 Å². The molecule has 1 aliphatic rings. The summed E-state index contributed by atoms with van der Waals surface area (Å²) in [5.41, 5.74) is 1.95. The van der Waals surface area contributed by atoms with Crippen molar-refractivity contribution in [1.29, 1.82) is 0 Å². The highest BCUT2D eigenvalue weighted by atomic mass is 79.9. The second-order valence-electron chi connectivity index (χ2n) is 7.01. The number of carboxylic acids is 1. The van der Waals surface area contributed by atoms with Crippen LogP contribution in [0, 0.1) is 6.92 Å². The molecule has 1 saturated heterocycles. The zero-order chi connectivity index (χ0) is 24.1. The minimum atomic E-state index is -1.15. The first-order valence-corrected chi connectivity index (χ1v) is 10.4. The molecule has 1 aliphatic heterocycles. The number of ether oxygens (including phenoxy) is 2. The Hall–Kier alpha value is -3.86. The fourth-order valence-corrected chi connectivity index (χ4v) is 3.62. The third kappa shape index (κ3) is 5.89. The van der Waals surface area contributed by atoms with E-state index in [0.717, 1.165) is 10.5 Å². The minimum Gasteiger partial charge on any atom is -0.493 e. The maximum Gasteiger partial charge on any atom is 0.341 e. The standard InChI is InChI=1S/C22H20BrN3O7/c1-12-4-3-5-14(6-12)24-18(27)10-26-21(30)16(25-22(26)31)8-13-7-15(23)20(17(9-13)32-2)33-11-19(28)29/h3-9H,10-11H2,1-2H3,(H,24,27)(H,25,31)(H,28,29)/b16-8+. The number of carbonyl (C=O) groups is 4. The zero-order valence-electron chi connectivity index (χ0n) is 17.7. The minimum absolute atomic E-state index is 0.0310. The van der Waals surface area contributed by atoms with E-state index in [1.54, 1.807) is 24.3 Å². The van der Waals surface area contributed by atoms with E-state index < -0.39 is 37.0 Å². The van der Waals surface area contributed by atoms with E-state index in [2.05, 4.69) is 26.6 Å². The van der Waals surface area contributed by atoms with Gasteiger partial charge in [-0.25, -0.2) is 14.5 Å². The highest BCUT2D eigenvalue weighted by molar-refractivity contribution is 9.10. The van der Waals surface area contributed by atoms with Crippen LogP contribution in [-0.4, -0.2) is 54.1 Å². The molecule has 172 valence electrons. The van der Waals surface area contributed by atoms with Crippen LogP contribution < -0.4 is 20.1 Å².